The molecule has 0 spiro atoms. The SMILES string of the molecule is O=C(NNC(=S)NC(=O)c1cccs1)Nc1ccccc1. The Kier molecular flexibility index (Phi) is 5.24. The van der Waals surface area contributed by atoms with Gasteiger partial charge in [-0.3, -0.25) is 15.5 Å². The van der Waals surface area contributed by atoms with Gasteiger partial charge in [0.05, 0.1) is 4.88 Å². The largest absolute Gasteiger partial charge is 0.337 e. The van der Waals surface area contributed by atoms with Crippen LogP contribution in [0.5, 0.6) is 0 Å². The smallest absolute Gasteiger partial charge is 0.307 e. The summed E-state index contributed by atoms with van der Waals surface area (Å²) in [5, 5.41) is 6.85. The minimum Gasteiger partial charge on any atom is -0.307 e. The predicted molar refractivity (Wildman–Crippen MR) is 86.1 cm³/mol. The lowest BCUT2D eigenvalue weighted by molar-refractivity contribution is 0.0980. The van der Waals surface area contributed by atoms with Crippen LogP contribution in [0.25, 0.3) is 0 Å². The van der Waals surface area contributed by atoms with Crippen LogP contribution in [0, 0.1) is 0 Å². The second-order valence-electron chi connectivity index (χ2n) is 3.83. The molecule has 2 rings (SSSR count). The Balaban J connectivity index is 1.74. The van der Waals surface area contributed by atoms with Gasteiger partial charge in [-0.15, -0.1) is 11.3 Å². The molecule has 0 saturated heterocycles. The van der Waals surface area contributed by atoms with Crippen molar-refractivity contribution in [3.8, 4) is 0 Å². The summed E-state index contributed by atoms with van der Waals surface area (Å²) in [4.78, 5) is 23.8. The minimum absolute atomic E-state index is 0.0108. The maximum absolute atomic E-state index is 11.7. The molecule has 0 bridgehead atoms. The van der Waals surface area contributed by atoms with Crippen LogP contribution in [0.2, 0.25) is 0 Å². The zero-order chi connectivity index (χ0) is 15.1. The number of nitrogens with one attached hydrogen (secondary N) is 4. The van der Waals surface area contributed by atoms with Crippen LogP contribution in [0.15, 0.2) is 47.8 Å². The number of amides is 3. The Morgan fingerprint density at radius 3 is 2.43 bits per heavy atom. The van der Waals surface area contributed by atoms with Gasteiger partial charge >= 0.3 is 6.03 Å². The maximum Gasteiger partial charge on any atom is 0.337 e. The number of rotatable bonds is 2. The van der Waals surface area contributed by atoms with E-state index in [4.69, 9.17) is 12.2 Å². The first kappa shape index (κ1) is 14.9. The van der Waals surface area contributed by atoms with E-state index in [1.807, 2.05) is 6.07 Å². The van der Waals surface area contributed by atoms with Gasteiger partial charge in [-0.25, -0.2) is 10.2 Å². The highest BCUT2D eigenvalue weighted by Crippen LogP contribution is 2.07. The van der Waals surface area contributed by atoms with Crippen molar-refractivity contribution in [2.75, 3.05) is 5.32 Å². The van der Waals surface area contributed by atoms with Crippen molar-refractivity contribution in [2.45, 2.75) is 0 Å². The molecular weight excluding hydrogens is 308 g/mol. The van der Waals surface area contributed by atoms with Gasteiger partial charge in [-0.05, 0) is 35.8 Å². The number of hydrazine groups is 1. The van der Waals surface area contributed by atoms with Crippen LogP contribution in [0.3, 0.4) is 0 Å². The molecule has 1 aromatic carbocycles. The van der Waals surface area contributed by atoms with Crippen LogP contribution in [-0.4, -0.2) is 17.1 Å². The van der Waals surface area contributed by atoms with Crippen LogP contribution in [0.1, 0.15) is 9.67 Å². The van der Waals surface area contributed by atoms with Crippen molar-refractivity contribution < 1.29 is 9.59 Å². The standard InChI is InChI=1S/C13H12N4O2S2/c18-11(10-7-4-8-21-10)15-13(20)17-16-12(19)14-9-5-2-1-3-6-9/h1-8H,(H2,14,16,19)(H2,15,17,18,20). The summed E-state index contributed by atoms with van der Waals surface area (Å²) < 4.78 is 0. The number of carbonyl (C=O) groups excluding carboxylic acids is 2. The first-order valence-electron chi connectivity index (χ1n) is 5.92. The molecule has 108 valence electrons. The molecule has 2 aromatic rings. The molecule has 21 heavy (non-hydrogen) atoms. The van der Waals surface area contributed by atoms with Crippen LogP contribution in [-0.2, 0) is 0 Å². The summed E-state index contributed by atoms with van der Waals surface area (Å²) >= 11 is 6.21. The number of benzene rings is 1. The molecule has 4 N–H and O–H groups in total. The van der Waals surface area contributed by atoms with E-state index < -0.39 is 6.03 Å². The number of hydrogen-bond donors (Lipinski definition) is 4. The molecular formula is C13H12N4O2S2. The Hall–Kier alpha value is -2.45. The molecule has 0 aliphatic heterocycles. The topological polar surface area (TPSA) is 82.3 Å². The summed E-state index contributed by atoms with van der Waals surface area (Å²) in [5.41, 5.74) is 5.41. The van der Waals surface area contributed by atoms with Crippen molar-refractivity contribution in [1.29, 1.82) is 0 Å². The molecule has 1 heterocycles. The fourth-order valence-corrected chi connectivity index (χ4v) is 2.16. The first-order valence-corrected chi connectivity index (χ1v) is 7.21. The van der Waals surface area contributed by atoms with E-state index in [1.54, 1.807) is 41.8 Å². The molecule has 6 nitrogen and oxygen atoms in total. The number of thiocarbonyl (C=S) groups is 1. The van der Waals surface area contributed by atoms with E-state index >= 15 is 0 Å². The van der Waals surface area contributed by atoms with E-state index in [0.717, 1.165) is 0 Å². The highest BCUT2D eigenvalue weighted by molar-refractivity contribution is 7.80. The van der Waals surface area contributed by atoms with Crippen LogP contribution in [0.4, 0.5) is 10.5 Å². The van der Waals surface area contributed by atoms with E-state index in [9.17, 15) is 9.59 Å². The second-order valence-corrected chi connectivity index (χ2v) is 5.19. The molecule has 0 radical (unpaired) electrons. The zero-order valence-corrected chi connectivity index (χ0v) is 12.4. The third-order valence-corrected chi connectivity index (χ3v) is 3.37. The molecule has 1 aromatic heterocycles. The Labute approximate surface area is 130 Å². The van der Waals surface area contributed by atoms with Gasteiger partial charge < -0.3 is 5.32 Å². The van der Waals surface area contributed by atoms with E-state index in [1.165, 1.54) is 11.3 Å². The number of anilines is 1. The molecule has 0 aliphatic rings. The van der Waals surface area contributed by atoms with Crippen molar-refractivity contribution in [3.63, 3.8) is 0 Å². The van der Waals surface area contributed by atoms with Gasteiger partial charge in [-0.2, -0.15) is 0 Å². The number of urea groups is 1. The average Bonchev–Trinajstić information content (AvgIpc) is 3.00. The van der Waals surface area contributed by atoms with Gasteiger partial charge in [0.15, 0.2) is 5.11 Å². The second kappa shape index (κ2) is 7.36. The van der Waals surface area contributed by atoms with E-state index in [0.29, 0.717) is 10.6 Å². The maximum atomic E-state index is 11.7. The summed E-state index contributed by atoms with van der Waals surface area (Å²) in [6.45, 7) is 0. The number of para-hydroxylation sites is 1. The number of thiophene rings is 1. The van der Waals surface area contributed by atoms with Crippen molar-refractivity contribution in [1.82, 2.24) is 16.2 Å². The quantitative estimate of drug-likeness (QED) is 0.504. The summed E-state index contributed by atoms with van der Waals surface area (Å²) in [7, 11) is 0. The monoisotopic (exact) mass is 320 g/mol. The lowest BCUT2D eigenvalue weighted by atomic mass is 10.3. The van der Waals surface area contributed by atoms with Gasteiger partial charge in [0.25, 0.3) is 5.91 Å². The molecule has 8 heteroatoms. The van der Waals surface area contributed by atoms with Gasteiger partial charge in [0, 0.05) is 5.69 Å². The molecule has 0 saturated carbocycles. The third-order valence-electron chi connectivity index (χ3n) is 2.29. The lowest BCUT2D eigenvalue weighted by Gasteiger charge is -2.11. The Bertz CT molecular complexity index is 629. The number of hydrogen-bond acceptors (Lipinski definition) is 4. The highest BCUT2D eigenvalue weighted by Gasteiger charge is 2.08. The molecule has 0 fully saturated rings. The summed E-state index contributed by atoms with van der Waals surface area (Å²) in [6.07, 6.45) is 0. The number of carbonyl (C=O) groups is 2. The van der Waals surface area contributed by atoms with Crippen molar-refractivity contribution in [2.24, 2.45) is 0 Å². The molecule has 3 amide bonds. The van der Waals surface area contributed by atoms with Crippen LogP contribution < -0.4 is 21.5 Å². The summed E-state index contributed by atoms with van der Waals surface area (Å²) in [6, 6.07) is 11.9. The Morgan fingerprint density at radius 1 is 1.00 bits per heavy atom. The van der Waals surface area contributed by atoms with Crippen molar-refractivity contribution >= 4 is 46.3 Å². The molecule has 0 atom stereocenters. The fourth-order valence-electron chi connectivity index (χ4n) is 1.40. The first-order chi connectivity index (χ1) is 10.1. The molecule has 0 aliphatic carbocycles. The lowest BCUT2D eigenvalue weighted by Crippen LogP contribution is -2.49. The van der Waals surface area contributed by atoms with E-state index in [2.05, 4.69) is 21.5 Å². The normalized spacial score (nSPS) is 9.52. The fraction of sp³-hybridized carbons (Fsp3) is 0. The van der Waals surface area contributed by atoms with Gasteiger partial charge in [-0.1, -0.05) is 24.3 Å². The third kappa shape index (κ3) is 4.86. The van der Waals surface area contributed by atoms with Crippen LogP contribution >= 0.6 is 23.6 Å². The van der Waals surface area contributed by atoms with E-state index in [-0.39, 0.29) is 11.0 Å². The van der Waals surface area contributed by atoms with Gasteiger partial charge in [0.1, 0.15) is 0 Å². The summed E-state index contributed by atoms with van der Waals surface area (Å²) in [5.74, 6) is -0.326. The van der Waals surface area contributed by atoms with Crippen molar-refractivity contribution in [3.05, 3.63) is 52.7 Å². The Morgan fingerprint density at radius 2 is 1.76 bits per heavy atom. The highest BCUT2D eigenvalue weighted by atomic mass is 32.1. The van der Waals surface area contributed by atoms with Gasteiger partial charge in [0.2, 0.25) is 0 Å². The zero-order valence-electron chi connectivity index (χ0n) is 10.8. The molecule has 0 unspecified atom stereocenters. The average molecular weight is 320 g/mol. The minimum atomic E-state index is -0.492. The predicted octanol–water partition coefficient (Wildman–Crippen LogP) is 2.09.